The summed E-state index contributed by atoms with van der Waals surface area (Å²) in [5, 5.41) is 9.53. The third-order valence-corrected chi connectivity index (χ3v) is 6.27. The van der Waals surface area contributed by atoms with Crippen LogP contribution in [0.2, 0.25) is 0 Å². The first kappa shape index (κ1) is 23.2. The van der Waals surface area contributed by atoms with E-state index in [1.165, 1.54) is 13.3 Å². The first-order chi connectivity index (χ1) is 17.0. The Hall–Kier alpha value is -3.51. The topological polar surface area (TPSA) is 123 Å². The highest BCUT2D eigenvalue weighted by Gasteiger charge is 2.23. The fourth-order valence-electron chi connectivity index (χ4n) is 4.39. The molecule has 1 amide bonds. The molecule has 184 valence electrons. The van der Waals surface area contributed by atoms with Crippen LogP contribution in [0.3, 0.4) is 0 Å². The summed E-state index contributed by atoms with van der Waals surface area (Å²) in [4.78, 5) is 28.3. The van der Waals surface area contributed by atoms with Crippen molar-refractivity contribution in [2.45, 2.75) is 50.9 Å². The van der Waals surface area contributed by atoms with Crippen molar-refractivity contribution in [3.8, 4) is 11.8 Å². The lowest BCUT2D eigenvalue weighted by molar-refractivity contribution is -0.118. The lowest BCUT2D eigenvalue weighted by Crippen LogP contribution is -2.39. The van der Waals surface area contributed by atoms with E-state index in [9.17, 15) is 13.6 Å². The monoisotopic (exact) mass is 485 g/mol. The summed E-state index contributed by atoms with van der Waals surface area (Å²) >= 11 is 0. The van der Waals surface area contributed by atoms with E-state index in [0.29, 0.717) is 30.0 Å². The number of nitrogens with one attached hydrogen (secondary N) is 3. The van der Waals surface area contributed by atoms with Gasteiger partial charge in [0.15, 0.2) is 18.2 Å². The van der Waals surface area contributed by atoms with Crippen LogP contribution in [0.25, 0.3) is 11.0 Å². The predicted octanol–water partition coefficient (Wildman–Crippen LogP) is 2.23. The van der Waals surface area contributed by atoms with E-state index in [2.05, 4.69) is 35.9 Å². The van der Waals surface area contributed by atoms with E-state index in [4.69, 9.17) is 9.47 Å². The fraction of sp³-hybridized carbons (Fsp3) is 0.435. The Labute approximate surface area is 199 Å². The number of hydrogen-bond acceptors (Lipinski definition) is 9. The molecule has 0 spiro atoms. The molecule has 12 heteroatoms. The number of nitrogens with zero attached hydrogens (tertiary/aromatic N) is 4. The normalized spacial score (nSPS) is 19.7. The van der Waals surface area contributed by atoms with Crippen molar-refractivity contribution in [1.82, 2.24) is 30.6 Å². The smallest absolute Gasteiger partial charge is 0.263 e. The number of aromatic nitrogens is 4. The molecule has 3 aromatic rings. The van der Waals surface area contributed by atoms with E-state index < -0.39 is 11.6 Å². The van der Waals surface area contributed by atoms with Gasteiger partial charge < -0.3 is 25.4 Å². The quantitative estimate of drug-likeness (QED) is 0.462. The molecule has 0 unspecified atom stereocenters. The number of carbonyl (C=O) groups is 1. The summed E-state index contributed by atoms with van der Waals surface area (Å²) in [7, 11) is 1.43. The molecule has 3 N–H and O–H groups in total. The first-order valence-electron chi connectivity index (χ1n) is 11.4. The first-order valence-corrected chi connectivity index (χ1v) is 11.4. The maximum atomic E-state index is 14.6. The number of fused-ring (bicyclic) bond motifs is 2. The van der Waals surface area contributed by atoms with Gasteiger partial charge in [0.25, 0.3) is 11.8 Å². The van der Waals surface area contributed by atoms with Gasteiger partial charge in [0, 0.05) is 36.8 Å². The summed E-state index contributed by atoms with van der Waals surface area (Å²) in [6.45, 7) is 0.681. The molecule has 5 rings (SSSR count). The minimum Gasteiger partial charge on any atom is -0.480 e. The van der Waals surface area contributed by atoms with Gasteiger partial charge in [0.2, 0.25) is 5.88 Å². The Morgan fingerprint density at radius 3 is 2.51 bits per heavy atom. The van der Waals surface area contributed by atoms with Crippen molar-refractivity contribution in [2.75, 3.05) is 19.0 Å². The van der Waals surface area contributed by atoms with Gasteiger partial charge in [0.05, 0.1) is 25.2 Å². The lowest BCUT2D eigenvalue weighted by atomic mass is 9.91. The molecular formula is C23H25F2N7O3. The summed E-state index contributed by atoms with van der Waals surface area (Å²) in [5.74, 6) is -0.781. The van der Waals surface area contributed by atoms with Crippen LogP contribution in [-0.2, 0) is 17.9 Å². The number of anilines is 1. The predicted molar refractivity (Wildman–Crippen MR) is 122 cm³/mol. The van der Waals surface area contributed by atoms with Gasteiger partial charge in [-0.3, -0.25) is 4.79 Å². The lowest BCUT2D eigenvalue weighted by Gasteiger charge is -2.30. The van der Waals surface area contributed by atoms with Gasteiger partial charge in [-0.2, -0.15) is 0 Å². The number of ether oxygens (including phenoxy) is 2. The number of amides is 1. The summed E-state index contributed by atoms with van der Waals surface area (Å²) < 4.78 is 39.0. The van der Waals surface area contributed by atoms with Gasteiger partial charge in [-0.1, -0.05) is 0 Å². The summed E-state index contributed by atoms with van der Waals surface area (Å²) in [6, 6.07) is 1.35. The van der Waals surface area contributed by atoms with Gasteiger partial charge >= 0.3 is 0 Å². The Kier molecular flexibility index (Phi) is 6.64. The molecule has 0 saturated heterocycles. The average molecular weight is 485 g/mol. The van der Waals surface area contributed by atoms with Crippen LogP contribution < -0.4 is 25.4 Å². The number of benzene rings is 1. The van der Waals surface area contributed by atoms with Crippen LogP contribution in [0.15, 0.2) is 18.5 Å². The van der Waals surface area contributed by atoms with Gasteiger partial charge in [-0.25, -0.2) is 28.7 Å². The Balaban J connectivity index is 1.15. The maximum Gasteiger partial charge on any atom is 0.263 e. The highest BCUT2D eigenvalue weighted by atomic mass is 19.1. The summed E-state index contributed by atoms with van der Waals surface area (Å²) in [5.41, 5.74) is 1.17. The largest absolute Gasteiger partial charge is 0.480 e. The second-order valence-corrected chi connectivity index (χ2v) is 8.59. The Morgan fingerprint density at radius 1 is 1.03 bits per heavy atom. The van der Waals surface area contributed by atoms with Crippen LogP contribution in [0.5, 0.6) is 11.8 Å². The molecule has 3 heterocycles. The average Bonchev–Trinajstić information content (AvgIpc) is 2.87. The molecular weight excluding hydrogens is 460 g/mol. The van der Waals surface area contributed by atoms with Crippen molar-refractivity contribution < 1.29 is 23.0 Å². The number of rotatable bonds is 7. The van der Waals surface area contributed by atoms with Crippen LogP contribution in [0.4, 0.5) is 14.6 Å². The third-order valence-electron chi connectivity index (χ3n) is 6.27. The van der Waals surface area contributed by atoms with Crippen molar-refractivity contribution in [2.24, 2.45) is 0 Å². The van der Waals surface area contributed by atoms with Crippen LogP contribution in [0, 0.1) is 11.6 Å². The van der Waals surface area contributed by atoms with Crippen LogP contribution in [0.1, 0.15) is 36.9 Å². The van der Waals surface area contributed by atoms with Gasteiger partial charge in [-0.15, -0.1) is 0 Å². The van der Waals surface area contributed by atoms with E-state index in [0.717, 1.165) is 31.7 Å². The van der Waals surface area contributed by atoms with E-state index >= 15 is 0 Å². The number of carbonyl (C=O) groups excluding carboxylic acids is 1. The minimum absolute atomic E-state index is 0.0216. The molecule has 0 atom stereocenters. The molecule has 1 aliphatic heterocycles. The standard InChI is InChI=1S/C23H25F2N7O3/c1-34-19-10-28-21-17(25)6-16(24)15(20(21)32-19)9-27-13-4-2-12(3-5-13)26-7-14-8-29-23-22(30-14)31-18(33)11-35-23/h6,8,10,12-13,26-27H,2-5,7,9,11H2,1H3,(H,30,31,33). The van der Waals surface area contributed by atoms with Gasteiger partial charge in [-0.05, 0) is 25.7 Å². The van der Waals surface area contributed by atoms with E-state index in [1.807, 2.05) is 0 Å². The fourth-order valence-corrected chi connectivity index (χ4v) is 4.39. The van der Waals surface area contributed by atoms with E-state index in [1.54, 1.807) is 6.20 Å². The maximum absolute atomic E-state index is 14.6. The molecule has 2 aliphatic rings. The zero-order chi connectivity index (χ0) is 24.4. The van der Waals surface area contributed by atoms with Gasteiger partial charge in [0.1, 0.15) is 16.9 Å². The Morgan fingerprint density at radius 2 is 1.77 bits per heavy atom. The molecule has 1 aromatic carbocycles. The van der Waals surface area contributed by atoms with Crippen LogP contribution in [-0.4, -0.2) is 51.6 Å². The van der Waals surface area contributed by atoms with Crippen molar-refractivity contribution in [3.05, 3.63) is 41.4 Å². The zero-order valence-electron chi connectivity index (χ0n) is 19.1. The molecule has 10 nitrogen and oxygen atoms in total. The van der Waals surface area contributed by atoms with E-state index in [-0.39, 0.29) is 47.6 Å². The summed E-state index contributed by atoms with van der Waals surface area (Å²) in [6.07, 6.45) is 6.59. The second-order valence-electron chi connectivity index (χ2n) is 8.59. The molecule has 1 saturated carbocycles. The molecule has 2 aromatic heterocycles. The molecule has 0 bridgehead atoms. The third kappa shape index (κ3) is 5.13. The number of hydrogen-bond donors (Lipinski definition) is 3. The number of methoxy groups -OCH3 is 1. The molecule has 35 heavy (non-hydrogen) atoms. The Bertz CT molecular complexity index is 1250. The highest BCUT2D eigenvalue weighted by molar-refractivity contribution is 5.93. The number of halogens is 2. The molecule has 1 aliphatic carbocycles. The SMILES string of the molecule is COc1cnc2c(F)cc(F)c(CNC3CCC(NCc4cnc5c(n4)NC(=O)CO5)CC3)c2n1. The van der Waals surface area contributed by atoms with Crippen LogP contribution >= 0.6 is 0 Å². The molecule has 1 fully saturated rings. The van der Waals surface area contributed by atoms with Crippen molar-refractivity contribution in [1.29, 1.82) is 0 Å². The minimum atomic E-state index is -0.749. The van der Waals surface area contributed by atoms with Crippen molar-refractivity contribution >= 4 is 22.8 Å². The second kappa shape index (κ2) is 10.0. The highest BCUT2D eigenvalue weighted by Crippen LogP contribution is 2.26. The van der Waals surface area contributed by atoms with Crippen molar-refractivity contribution in [3.63, 3.8) is 0 Å². The zero-order valence-corrected chi connectivity index (χ0v) is 19.1. The molecule has 0 radical (unpaired) electrons.